The lowest BCUT2D eigenvalue weighted by Crippen LogP contribution is -2.49. The van der Waals surface area contributed by atoms with Crippen LogP contribution in [0.25, 0.3) is 0 Å². The largest absolute Gasteiger partial charge is 0.348 e. The fourth-order valence-electron chi connectivity index (χ4n) is 1.30. The molecule has 1 N–H and O–H groups in total. The number of ketones is 1. The highest BCUT2D eigenvalue weighted by Crippen LogP contribution is 2.15. The van der Waals surface area contributed by atoms with E-state index in [-0.39, 0.29) is 24.8 Å². The zero-order valence-electron chi connectivity index (χ0n) is 5.50. The van der Waals surface area contributed by atoms with Crippen molar-refractivity contribution < 1.29 is 14.3 Å². The molecule has 2 aliphatic heterocycles. The molecule has 2 unspecified atom stereocenters. The molecule has 2 aliphatic rings. The van der Waals surface area contributed by atoms with Crippen LogP contribution in [0.4, 0.5) is 0 Å². The first-order chi connectivity index (χ1) is 4.88. The van der Waals surface area contributed by atoms with Crippen molar-refractivity contribution in [1.29, 1.82) is 0 Å². The number of piperidine rings is 1. The smallest absolute Gasteiger partial charge is 0.178 e. The molecule has 2 atom stereocenters. The lowest BCUT2D eigenvalue weighted by atomic mass is 10.1. The van der Waals surface area contributed by atoms with E-state index in [0.717, 1.165) is 6.54 Å². The van der Waals surface area contributed by atoms with E-state index >= 15 is 0 Å². The van der Waals surface area contributed by atoms with Crippen molar-refractivity contribution >= 4 is 5.78 Å². The molecule has 0 amide bonds. The van der Waals surface area contributed by atoms with Crippen LogP contribution in [0.3, 0.4) is 0 Å². The molecule has 56 valence electrons. The second kappa shape index (κ2) is 2.30. The van der Waals surface area contributed by atoms with Crippen molar-refractivity contribution in [2.75, 3.05) is 19.9 Å². The Labute approximate surface area is 58.5 Å². The first-order valence-electron chi connectivity index (χ1n) is 3.34. The van der Waals surface area contributed by atoms with E-state index in [9.17, 15) is 4.79 Å². The molecule has 2 heterocycles. The van der Waals surface area contributed by atoms with Crippen LogP contribution in [0.2, 0.25) is 0 Å². The maximum absolute atomic E-state index is 11.0. The van der Waals surface area contributed by atoms with Gasteiger partial charge in [-0.05, 0) is 0 Å². The van der Waals surface area contributed by atoms with Gasteiger partial charge in [0.15, 0.2) is 5.78 Å². The summed E-state index contributed by atoms with van der Waals surface area (Å²) in [5, 5.41) is 2.95. The van der Waals surface area contributed by atoms with Gasteiger partial charge in [0.1, 0.15) is 19.0 Å². The average Bonchev–Trinajstić information content (AvgIpc) is 2.36. The van der Waals surface area contributed by atoms with E-state index < -0.39 is 0 Å². The van der Waals surface area contributed by atoms with E-state index in [4.69, 9.17) is 9.47 Å². The van der Waals surface area contributed by atoms with E-state index in [1.165, 1.54) is 0 Å². The summed E-state index contributed by atoms with van der Waals surface area (Å²) in [7, 11) is 0. The summed E-state index contributed by atoms with van der Waals surface area (Å²) >= 11 is 0. The third-order valence-electron chi connectivity index (χ3n) is 1.83. The van der Waals surface area contributed by atoms with Crippen LogP contribution in [0.15, 0.2) is 0 Å². The van der Waals surface area contributed by atoms with E-state index in [0.29, 0.717) is 6.54 Å². The van der Waals surface area contributed by atoms with Gasteiger partial charge in [0.25, 0.3) is 0 Å². The molecular formula is C6H9NO3. The van der Waals surface area contributed by atoms with Crippen molar-refractivity contribution in [1.82, 2.24) is 5.32 Å². The molecule has 0 aromatic carbocycles. The maximum atomic E-state index is 11.0. The number of fused-ring (bicyclic) bond motifs is 1. The number of carbonyl (C=O) groups is 1. The Morgan fingerprint density at radius 1 is 1.50 bits per heavy atom. The summed E-state index contributed by atoms with van der Waals surface area (Å²) < 4.78 is 10.2. The van der Waals surface area contributed by atoms with Gasteiger partial charge in [-0.3, -0.25) is 4.79 Å². The molecule has 4 nitrogen and oxygen atoms in total. The standard InChI is InChI=1S/C6H9NO3/c8-4-1-7-2-5-6(4)10-3-9-5/h5-7H,1-3H2. The number of carbonyl (C=O) groups excluding carboxylic acids is 1. The first-order valence-corrected chi connectivity index (χ1v) is 3.34. The Kier molecular flexibility index (Phi) is 1.44. The van der Waals surface area contributed by atoms with Gasteiger partial charge in [-0.2, -0.15) is 0 Å². The number of hydrogen-bond acceptors (Lipinski definition) is 4. The monoisotopic (exact) mass is 143 g/mol. The molecule has 2 rings (SSSR count). The predicted molar refractivity (Wildman–Crippen MR) is 32.5 cm³/mol. The molecule has 0 radical (unpaired) electrons. The van der Waals surface area contributed by atoms with Crippen molar-refractivity contribution in [3.63, 3.8) is 0 Å². The van der Waals surface area contributed by atoms with E-state index in [1.807, 2.05) is 0 Å². The highest BCUT2D eigenvalue weighted by molar-refractivity contribution is 5.86. The molecule has 0 bridgehead atoms. The van der Waals surface area contributed by atoms with Crippen LogP contribution < -0.4 is 5.32 Å². The summed E-state index contributed by atoms with van der Waals surface area (Å²) in [5.74, 6) is 0.105. The van der Waals surface area contributed by atoms with Gasteiger partial charge in [-0.25, -0.2) is 0 Å². The molecule has 10 heavy (non-hydrogen) atoms. The topological polar surface area (TPSA) is 47.6 Å². The summed E-state index contributed by atoms with van der Waals surface area (Å²) in [5.41, 5.74) is 0. The molecule has 0 aromatic rings. The van der Waals surface area contributed by atoms with Crippen LogP contribution >= 0.6 is 0 Å². The Morgan fingerprint density at radius 2 is 2.40 bits per heavy atom. The zero-order chi connectivity index (χ0) is 6.97. The second-order valence-electron chi connectivity index (χ2n) is 2.51. The van der Waals surface area contributed by atoms with Gasteiger partial charge < -0.3 is 14.8 Å². The van der Waals surface area contributed by atoms with Gasteiger partial charge in [0.05, 0.1) is 6.54 Å². The van der Waals surface area contributed by atoms with Crippen molar-refractivity contribution in [3.05, 3.63) is 0 Å². The lowest BCUT2D eigenvalue weighted by molar-refractivity contribution is -0.128. The van der Waals surface area contributed by atoms with Crippen molar-refractivity contribution in [2.24, 2.45) is 0 Å². The molecule has 4 heteroatoms. The summed E-state index contributed by atoms with van der Waals surface area (Å²) in [6, 6.07) is 0. The van der Waals surface area contributed by atoms with Crippen LogP contribution in [0, 0.1) is 0 Å². The Morgan fingerprint density at radius 3 is 3.20 bits per heavy atom. The first kappa shape index (κ1) is 6.27. The summed E-state index contributed by atoms with van der Waals surface area (Å²) in [6.07, 6.45) is -0.331. The quantitative estimate of drug-likeness (QED) is 0.467. The molecule has 0 spiro atoms. The molecular weight excluding hydrogens is 134 g/mol. The summed E-state index contributed by atoms with van der Waals surface area (Å²) in [6.45, 7) is 1.42. The Balaban J connectivity index is 2.10. The molecule has 0 aliphatic carbocycles. The highest BCUT2D eigenvalue weighted by atomic mass is 16.7. The minimum absolute atomic E-state index is 0.0405. The third-order valence-corrected chi connectivity index (χ3v) is 1.83. The lowest BCUT2D eigenvalue weighted by Gasteiger charge is -2.21. The fraction of sp³-hybridized carbons (Fsp3) is 0.833. The molecule has 2 fully saturated rings. The second-order valence-corrected chi connectivity index (χ2v) is 2.51. The summed E-state index contributed by atoms with van der Waals surface area (Å²) in [4.78, 5) is 11.0. The zero-order valence-corrected chi connectivity index (χ0v) is 5.50. The van der Waals surface area contributed by atoms with Crippen LogP contribution in [-0.4, -0.2) is 37.9 Å². The number of rotatable bonds is 0. The maximum Gasteiger partial charge on any atom is 0.178 e. The van der Waals surface area contributed by atoms with E-state index in [2.05, 4.69) is 5.32 Å². The average molecular weight is 143 g/mol. The third kappa shape index (κ3) is 0.847. The minimum atomic E-state index is -0.291. The number of Topliss-reactive ketones (excluding diaryl/α,β-unsaturated/α-hetero) is 1. The van der Waals surface area contributed by atoms with Crippen molar-refractivity contribution in [3.8, 4) is 0 Å². The van der Waals surface area contributed by atoms with Gasteiger partial charge >= 0.3 is 0 Å². The Hall–Kier alpha value is -0.450. The predicted octanol–water partition coefficient (Wildman–Crippen LogP) is -1.10. The minimum Gasteiger partial charge on any atom is -0.348 e. The number of nitrogens with one attached hydrogen (secondary N) is 1. The van der Waals surface area contributed by atoms with Crippen molar-refractivity contribution in [2.45, 2.75) is 12.2 Å². The number of ether oxygens (including phenoxy) is 2. The Bertz CT molecular complexity index is 159. The van der Waals surface area contributed by atoms with Gasteiger partial charge in [0.2, 0.25) is 0 Å². The SMILES string of the molecule is O=C1CNCC2OCOC12. The van der Waals surface area contributed by atoms with Crippen LogP contribution in [0.1, 0.15) is 0 Å². The molecule has 0 saturated carbocycles. The fourth-order valence-corrected chi connectivity index (χ4v) is 1.30. The van der Waals surface area contributed by atoms with Gasteiger partial charge in [-0.15, -0.1) is 0 Å². The van der Waals surface area contributed by atoms with Gasteiger partial charge in [-0.1, -0.05) is 0 Å². The van der Waals surface area contributed by atoms with E-state index in [1.54, 1.807) is 0 Å². The highest BCUT2D eigenvalue weighted by Gasteiger charge is 2.37. The van der Waals surface area contributed by atoms with Crippen LogP contribution in [-0.2, 0) is 14.3 Å². The normalized spacial score (nSPS) is 39.8. The molecule has 2 saturated heterocycles. The van der Waals surface area contributed by atoms with Gasteiger partial charge in [0, 0.05) is 6.54 Å². The molecule has 0 aromatic heterocycles. The van der Waals surface area contributed by atoms with Crippen LogP contribution in [0.5, 0.6) is 0 Å². The number of hydrogen-bond donors (Lipinski definition) is 1.